The number of hydrazone groups is 1. The number of likely N-dealkylation sites (N-methyl/N-ethyl adjacent to an activating group) is 1. The monoisotopic (exact) mass is 586 g/mol. The van der Waals surface area contributed by atoms with Gasteiger partial charge in [0.05, 0.1) is 23.3 Å². The van der Waals surface area contributed by atoms with E-state index in [1.807, 2.05) is 14.0 Å². The lowest BCUT2D eigenvalue weighted by Crippen LogP contribution is -2.41. The molecule has 0 aliphatic carbocycles. The summed E-state index contributed by atoms with van der Waals surface area (Å²) < 4.78 is 86.9. The van der Waals surface area contributed by atoms with E-state index in [2.05, 4.69) is 15.1 Å². The van der Waals surface area contributed by atoms with E-state index in [1.165, 1.54) is 0 Å². The Labute approximate surface area is 234 Å². The summed E-state index contributed by atoms with van der Waals surface area (Å²) in [5.74, 6) is 0.0690. The molecule has 3 heterocycles. The van der Waals surface area contributed by atoms with Gasteiger partial charge < -0.3 is 14.5 Å². The molecule has 2 aliphatic rings. The molecule has 0 N–H and O–H groups in total. The standard InChI is InChI=1S/C27H32F6N6O2/c1-5-22-9-23(15-39(22)25(40)41-16(2)3)38(24-34-10-18(11-35-24)19-12-36-37(4)14-19)13-17-6-20(26(28,29)30)8-21(7-17)27(31,32)33/h6-8,10-12,16,19,22-23H,5,9,13-15H2,1-4H3/t19?,22-,23+/m1/s1. The first kappa shape index (κ1) is 30.4. The summed E-state index contributed by atoms with van der Waals surface area (Å²) in [5, 5.41) is 5.95. The number of ether oxygens (including phenoxy) is 1. The molecule has 1 amide bonds. The molecule has 1 fully saturated rings. The maximum absolute atomic E-state index is 13.6. The number of likely N-dealkylation sites (tertiary alicyclic amines) is 1. The van der Waals surface area contributed by atoms with Crippen LogP contribution in [0.4, 0.5) is 37.1 Å². The van der Waals surface area contributed by atoms with Gasteiger partial charge in [0.2, 0.25) is 5.95 Å². The number of halogens is 6. The van der Waals surface area contributed by atoms with Gasteiger partial charge in [-0.15, -0.1) is 0 Å². The SMILES string of the molecule is CC[C@@H]1C[C@H](N(Cc2cc(C(F)(F)F)cc(C(F)(F)F)c2)c2ncc(C3C=NN(C)C3)cn2)CN1C(=O)OC(C)C. The Morgan fingerprint density at radius 3 is 2.15 bits per heavy atom. The molecule has 4 rings (SSSR count). The number of anilines is 1. The smallest absolute Gasteiger partial charge is 0.416 e. The van der Waals surface area contributed by atoms with Crippen molar-refractivity contribution in [3.8, 4) is 0 Å². The van der Waals surface area contributed by atoms with Crippen molar-refractivity contribution >= 4 is 18.3 Å². The number of nitrogens with zero attached hydrogens (tertiary/aromatic N) is 6. The molecule has 0 radical (unpaired) electrons. The van der Waals surface area contributed by atoms with Crippen LogP contribution in [0.2, 0.25) is 0 Å². The molecule has 224 valence electrons. The molecule has 0 spiro atoms. The Kier molecular flexibility index (Phi) is 8.69. The summed E-state index contributed by atoms with van der Waals surface area (Å²) >= 11 is 0. The molecule has 3 atom stereocenters. The Bertz CT molecular complexity index is 1220. The van der Waals surface area contributed by atoms with Gasteiger partial charge in [0, 0.05) is 57.2 Å². The second-order valence-corrected chi connectivity index (χ2v) is 10.6. The van der Waals surface area contributed by atoms with Gasteiger partial charge in [-0.25, -0.2) is 14.8 Å². The Morgan fingerprint density at radius 1 is 1.05 bits per heavy atom. The van der Waals surface area contributed by atoms with Crippen molar-refractivity contribution in [2.24, 2.45) is 5.10 Å². The molecule has 41 heavy (non-hydrogen) atoms. The lowest BCUT2D eigenvalue weighted by molar-refractivity contribution is -0.143. The summed E-state index contributed by atoms with van der Waals surface area (Å²) in [7, 11) is 1.82. The molecule has 2 aliphatic heterocycles. The fourth-order valence-corrected chi connectivity index (χ4v) is 5.10. The van der Waals surface area contributed by atoms with Crippen LogP contribution in [0.5, 0.6) is 0 Å². The average Bonchev–Trinajstić information content (AvgIpc) is 3.52. The summed E-state index contributed by atoms with van der Waals surface area (Å²) in [6, 6.07) is 0.780. The fourth-order valence-electron chi connectivity index (χ4n) is 5.10. The number of amides is 1. The second kappa shape index (κ2) is 11.7. The average molecular weight is 587 g/mol. The van der Waals surface area contributed by atoms with Crippen molar-refractivity contribution in [1.82, 2.24) is 19.9 Å². The van der Waals surface area contributed by atoms with E-state index < -0.39 is 35.6 Å². The van der Waals surface area contributed by atoms with Crippen LogP contribution >= 0.6 is 0 Å². The number of hydrogen-bond acceptors (Lipinski definition) is 7. The van der Waals surface area contributed by atoms with E-state index in [0.29, 0.717) is 31.5 Å². The highest BCUT2D eigenvalue weighted by atomic mass is 19.4. The zero-order chi connectivity index (χ0) is 30.1. The van der Waals surface area contributed by atoms with Crippen LogP contribution in [0.15, 0.2) is 35.7 Å². The normalized spacial score (nSPS) is 21.2. The highest BCUT2D eigenvalue weighted by Crippen LogP contribution is 2.37. The Hall–Kier alpha value is -3.58. The van der Waals surface area contributed by atoms with E-state index in [9.17, 15) is 31.1 Å². The van der Waals surface area contributed by atoms with E-state index in [0.717, 1.165) is 5.56 Å². The summed E-state index contributed by atoms with van der Waals surface area (Å²) in [6.45, 7) is 5.74. The zero-order valence-corrected chi connectivity index (χ0v) is 23.1. The molecular weight excluding hydrogens is 554 g/mol. The number of hydrogen-bond donors (Lipinski definition) is 0. The first-order valence-corrected chi connectivity index (χ1v) is 13.2. The van der Waals surface area contributed by atoms with Gasteiger partial charge >= 0.3 is 18.4 Å². The van der Waals surface area contributed by atoms with Crippen molar-refractivity contribution in [3.05, 3.63) is 52.8 Å². The van der Waals surface area contributed by atoms with Crippen molar-refractivity contribution in [2.75, 3.05) is 25.0 Å². The highest BCUT2D eigenvalue weighted by Gasteiger charge is 2.41. The molecule has 8 nitrogen and oxygen atoms in total. The number of carbonyl (C=O) groups excluding carboxylic acids is 1. The molecule has 1 saturated heterocycles. The summed E-state index contributed by atoms with van der Waals surface area (Å²) in [6.07, 6.45) is -4.97. The maximum Gasteiger partial charge on any atom is 0.416 e. The third-order valence-electron chi connectivity index (χ3n) is 7.12. The minimum Gasteiger partial charge on any atom is -0.447 e. The van der Waals surface area contributed by atoms with E-state index >= 15 is 0 Å². The third-order valence-corrected chi connectivity index (χ3v) is 7.12. The quantitative estimate of drug-likeness (QED) is 0.375. The van der Waals surface area contributed by atoms with E-state index in [1.54, 1.807) is 47.3 Å². The van der Waals surface area contributed by atoms with Gasteiger partial charge in [-0.05, 0) is 56.0 Å². The van der Waals surface area contributed by atoms with Crippen LogP contribution in [0.3, 0.4) is 0 Å². The van der Waals surface area contributed by atoms with Crippen molar-refractivity contribution in [3.63, 3.8) is 0 Å². The number of rotatable bonds is 7. The Balaban J connectivity index is 1.71. The maximum atomic E-state index is 13.6. The van der Waals surface area contributed by atoms with Crippen molar-refractivity contribution in [1.29, 1.82) is 0 Å². The summed E-state index contributed by atoms with van der Waals surface area (Å²) in [5.41, 5.74) is -2.24. The topological polar surface area (TPSA) is 74.2 Å². The number of benzene rings is 1. The minimum atomic E-state index is -4.98. The van der Waals surface area contributed by atoms with Crippen molar-refractivity contribution < 1.29 is 35.9 Å². The molecule has 1 unspecified atom stereocenters. The van der Waals surface area contributed by atoms with Crippen molar-refractivity contribution in [2.45, 2.75) is 76.6 Å². The predicted molar refractivity (Wildman–Crippen MR) is 139 cm³/mol. The molecule has 14 heteroatoms. The van der Waals surface area contributed by atoms with E-state index in [4.69, 9.17) is 4.74 Å². The van der Waals surface area contributed by atoms with Crippen LogP contribution in [0.1, 0.15) is 61.8 Å². The molecule has 2 aromatic rings. The molecule has 0 bridgehead atoms. The lowest BCUT2D eigenvalue weighted by atomic mass is 10.0. The number of alkyl halides is 6. The molecule has 1 aromatic heterocycles. The van der Waals surface area contributed by atoms with Gasteiger partial charge in [-0.1, -0.05) is 6.92 Å². The first-order chi connectivity index (χ1) is 19.2. The highest BCUT2D eigenvalue weighted by molar-refractivity contribution is 5.70. The second-order valence-electron chi connectivity index (χ2n) is 10.6. The first-order valence-electron chi connectivity index (χ1n) is 13.2. The Morgan fingerprint density at radius 2 is 1.66 bits per heavy atom. The summed E-state index contributed by atoms with van der Waals surface area (Å²) in [4.78, 5) is 24.8. The van der Waals surface area contributed by atoms with Crippen LogP contribution in [-0.4, -0.2) is 70.5 Å². The molecule has 0 saturated carbocycles. The van der Waals surface area contributed by atoms with Crippen LogP contribution in [0.25, 0.3) is 0 Å². The van der Waals surface area contributed by atoms with Gasteiger partial charge in [0.15, 0.2) is 0 Å². The lowest BCUT2D eigenvalue weighted by Gasteiger charge is -2.30. The van der Waals surface area contributed by atoms with Crippen LogP contribution in [0, 0.1) is 0 Å². The van der Waals surface area contributed by atoms with E-state index in [-0.39, 0.29) is 48.7 Å². The van der Waals surface area contributed by atoms with Gasteiger partial charge in [0.25, 0.3) is 0 Å². The third kappa shape index (κ3) is 7.20. The number of carbonyl (C=O) groups is 1. The molecular formula is C27H32F6N6O2. The minimum absolute atomic E-state index is 0.0578. The van der Waals surface area contributed by atoms with Gasteiger partial charge in [-0.2, -0.15) is 31.4 Å². The van der Waals surface area contributed by atoms with Crippen LogP contribution < -0.4 is 4.90 Å². The fraction of sp³-hybridized carbons (Fsp3) is 0.556. The predicted octanol–water partition coefficient (Wildman–Crippen LogP) is 5.93. The van der Waals surface area contributed by atoms with Crippen LogP contribution in [-0.2, 0) is 23.6 Å². The molecule has 1 aromatic carbocycles. The van der Waals surface area contributed by atoms with Gasteiger partial charge in [0.1, 0.15) is 0 Å². The number of aromatic nitrogens is 2. The largest absolute Gasteiger partial charge is 0.447 e. The van der Waals surface area contributed by atoms with Gasteiger partial charge in [-0.3, -0.25) is 5.01 Å². The zero-order valence-electron chi connectivity index (χ0n) is 23.1.